The highest BCUT2D eigenvalue weighted by molar-refractivity contribution is 9.11. The number of hydrogen-bond acceptors (Lipinski definition) is 1. The smallest absolute Gasteiger partial charge is 0.0607 e. The van der Waals surface area contributed by atoms with E-state index in [1.807, 2.05) is 12.1 Å². The lowest BCUT2D eigenvalue weighted by atomic mass is 10.0. The van der Waals surface area contributed by atoms with Gasteiger partial charge in [-0.3, -0.25) is 0 Å². The number of rotatable bonds is 5. The SMILES string of the molecule is NCCCCc1c(-c2ccc(Br)cc2)[nH]c2c(Br)cc(Cl)cc12. The number of unbranched alkanes of at least 4 members (excludes halogenated alkanes) is 1. The summed E-state index contributed by atoms with van der Waals surface area (Å²) in [7, 11) is 0. The Morgan fingerprint density at radius 3 is 2.48 bits per heavy atom. The molecule has 0 atom stereocenters. The van der Waals surface area contributed by atoms with Crippen LogP contribution in [-0.4, -0.2) is 11.5 Å². The molecule has 1 aromatic heterocycles. The highest BCUT2D eigenvalue weighted by Crippen LogP contribution is 2.37. The molecule has 0 saturated heterocycles. The van der Waals surface area contributed by atoms with E-state index in [1.165, 1.54) is 16.5 Å². The molecule has 0 fully saturated rings. The van der Waals surface area contributed by atoms with Crippen LogP contribution in [-0.2, 0) is 6.42 Å². The average Bonchev–Trinajstić information content (AvgIpc) is 2.87. The number of benzene rings is 2. The standard InChI is InChI=1S/C18H17Br2ClN2/c19-12-6-4-11(5-7-12)17-14(3-1-2-8-22)15-9-13(21)10-16(20)18(15)23-17/h4-7,9-10,23H,1-3,8,22H2. The first-order valence-corrected chi connectivity index (χ1v) is 9.52. The lowest BCUT2D eigenvalue weighted by molar-refractivity contribution is 0.748. The van der Waals surface area contributed by atoms with Crippen molar-refractivity contribution in [1.82, 2.24) is 4.98 Å². The lowest BCUT2D eigenvalue weighted by Crippen LogP contribution is -1.99. The van der Waals surface area contributed by atoms with Crippen molar-refractivity contribution in [3.63, 3.8) is 0 Å². The third kappa shape index (κ3) is 3.66. The highest BCUT2D eigenvalue weighted by Gasteiger charge is 2.15. The Morgan fingerprint density at radius 1 is 1.04 bits per heavy atom. The molecule has 3 N–H and O–H groups in total. The lowest BCUT2D eigenvalue weighted by Gasteiger charge is -2.06. The van der Waals surface area contributed by atoms with Gasteiger partial charge in [-0.05, 0) is 77.1 Å². The van der Waals surface area contributed by atoms with Crippen LogP contribution in [0.4, 0.5) is 0 Å². The summed E-state index contributed by atoms with van der Waals surface area (Å²) in [4.78, 5) is 3.57. The highest BCUT2D eigenvalue weighted by atomic mass is 79.9. The molecule has 2 nitrogen and oxygen atoms in total. The summed E-state index contributed by atoms with van der Waals surface area (Å²) in [5.74, 6) is 0. The molecule has 1 heterocycles. The van der Waals surface area contributed by atoms with E-state index in [0.29, 0.717) is 0 Å². The minimum atomic E-state index is 0.723. The van der Waals surface area contributed by atoms with E-state index in [1.54, 1.807) is 0 Å². The van der Waals surface area contributed by atoms with Gasteiger partial charge in [0.25, 0.3) is 0 Å². The van der Waals surface area contributed by atoms with Gasteiger partial charge in [0, 0.05) is 25.0 Å². The van der Waals surface area contributed by atoms with E-state index < -0.39 is 0 Å². The largest absolute Gasteiger partial charge is 0.353 e. The molecule has 0 bridgehead atoms. The molecule has 5 heteroatoms. The number of nitrogens with two attached hydrogens (primary N) is 1. The first-order valence-electron chi connectivity index (χ1n) is 7.55. The van der Waals surface area contributed by atoms with Crippen LogP contribution in [0.5, 0.6) is 0 Å². The molecule has 0 aliphatic heterocycles. The van der Waals surface area contributed by atoms with Gasteiger partial charge in [0.15, 0.2) is 0 Å². The first kappa shape index (κ1) is 17.0. The Kier molecular flexibility index (Phi) is 5.47. The predicted octanol–water partition coefficient (Wildman–Crippen LogP) is 6.29. The fourth-order valence-electron chi connectivity index (χ4n) is 2.84. The number of aromatic amines is 1. The van der Waals surface area contributed by atoms with Crippen LogP contribution >= 0.6 is 43.5 Å². The number of H-pyrrole nitrogens is 1. The first-order chi connectivity index (χ1) is 11.1. The molecule has 3 rings (SSSR count). The zero-order chi connectivity index (χ0) is 16.4. The maximum absolute atomic E-state index is 6.26. The number of nitrogens with one attached hydrogen (secondary N) is 1. The summed E-state index contributed by atoms with van der Waals surface area (Å²) >= 11 is 13.4. The summed E-state index contributed by atoms with van der Waals surface area (Å²) in [6.07, 6.45) is 3.07. The van der Waals surface area contributed by atoms with Crippen LogP contribution in [0.2, 0.25) is 5.02 Å². The molecular formula is C18H17Br2ClN2. The monoisotopic (exact) mass is 454 g/mol. The quantitative estimate of drug-likeness (QED) is 0.435. The van der Waals surface area contributed by atoms with E-state index in [-0.39, 0.29) is 0 Å². The van der Waals surface area contributed by atoms with E-state index in [4.69, 9.17) is 17.3 Å². The molecule has 23 heavy (non-hydrogen) atoms. The summed E-state index contributed by atoms with van der Waals surface area (Å²) in [6.45, 7) is 0.723. The zero-order valence-corrected chi connectivity index (χ0v) is 16.4. The molecule has 0 unspecified atom stereocenters. The Morgan fingerprint density at radius 2 is 1.78 bits per heavy atom. The number of fused-ring (bicyclic) bond motifs is 1. The van der Waals surface area contributed by atoms with Crippen LogP contribution in [0.1, 0.15) is 18.4 Å². The topological polar surface area (TPSA) is 41.8 Å². The van der Waals surface area contributed by atoms with Gasteiger partial charge >= 0.3 is 0 Å². The fraction of sp³-hybridized carbons (Fsp3) is 0.222. The summed E-state index contributed by atoms with van der Waals surface area (Å²) in [5.41, 5.74) is 10.4. The van der Waals surface area contributed by atoms with Crippen LogP contribution in [0.25, 0.3) is 22.2 Å². The van der Waals surface area contributed by atoms with Crippen LogP contribution in [0.15, 0.2) is 45.3 Å². The van der Waals surface area contributed by atoms with Crippen molar-refractivity contribution in [1.29, 1.82) is 0 Å². The van der Waals surface area contributed by atoms with Crippen LogP contribution < -0.4 is 5.73 Å². The number of aryl methyl sites for hydroxylation is 1. The molecule has 0 saturated carbocycles. The van der Waals surface area contributed by atoms with Crippen LogP contribution in [0.3, 0.4) is 0 Å². The number of halogens is 3. The van der Waals surface area contributed by atoms with Gasteiger partial charge in [-0.25, -0.2) is 0 Å². The van der Waals surface area contributed by atoms with Crippen molar-refractivity contribution < 1.29 is 0 Å². The number of hydrogen-bond donors (Lipinski definition) is 2. The van der Waals surface area contributed by atoms with Gasteiger partial charge in [-0.2, -0.15) is 0 Å². The molecule has 3 aromatic rings. The van der Waals surface area contributed by atoms with Gasteiger partial charge in [0.05, 0.1) is 5.52 Å². The second-order valence-electron chi connectivity index (χ2n) is 5.54. The second kappa shape index (κ2) is 7.39. The molecule has 0 amide bonds. The predicted molar refractivity (Wildman–Crippen MR) is 106 cm³/mol. The Balaban J connectivity index is 2.16. The van der Waals surface area contributed by atoms with E-state index in [2.05, 4.69) is 61.1 Å². The van der Waals surface area contributed by atoms with E-state index in [0.717, 1.165) is 51.0 Å². The molecule has 0 spiro atoms. The maximum Gasteiger partial charge on any atom is 0.0607 e. The Labute approximate surface area is 157 Å². The third-order valence-electron chi connectivity index (χ3n) is 3.95. The van der Waals surface area contributed by atoms with Crippen molar-refractivity contribution in [3.05, 3.63) is 55.9 Å². The minimum Gasteiger partial charge on any atom is -0.353 e. The van der Waals surface area contributed by atoms with E-state index >= 15 is 0 Å². The van der Waals surface area contributed by atoms with Gasteiger partial charge < -0.3 is 10.7 Å². The average molecular weight is 457 g/mol. The normalized spacial score (nSPS) is 11.3. The van der Waals surface area contributed by atoms with Crippen molar-refractivity contribution >= 4 is 54.4 Å². The van der Waals surface area contributed by atoms with E-state index in [9.17, 15) is 0 Å². The molecule has 2 aromatic carbocycles. The molecule has 120 valence electrons. The maximum atomic E-state index is 6.26. The van der Waals surface area contributed by atoms with Gasteiger partial charge in [0.2, 0.25) is 0 Å². The fourth-order valence-corrected chi connectivity index (χ4v) is 4.02. The van der Waals surface area contributed by atoms with Gasteiger partial charge in [0.1, 0.15) is 0 Å². The van der Waals surface area contributed by atoms with Crippen molar-refractivity contribution in [2.75, 3.05) is 6.54 Å². The van der Waals surface area contributed by atoms with Crippen molar-refractivity contribution in [2.24, 2.45) is 5.73 Å². The van der Waals surface area contributed by atoms with Crippen molar-refractivity contribution in [2.45, 2.75) is 19.3 Å². The molecule has 0 aliphatic rings. The Bertz CT molecular complexity index is 825. The zero-order valence-electron chi connectivity index (χ0n) is 12.5. The van der Waals surface area contributed by atoms with Gasteiger partial charge in [-0.1, -0.05) is 39.7 Å². The molecule has 0 aliphatic carbocycles. The van der Waals surface area contributed by atoms with Crippen LogP contribution in [0, 0.1) is 0 Å². The number of aromatic nitrogens is 1. The summed E-state index contributed by atoms with van der Waals surface area (Å²) < 4.78 is 2.06. The third-order valence-corrected chi connectivity index (χ3v) is 5.32. The van der Waals surface area contributed by atoms with Crippen molar-refractivity contribution in [3.8, 4) is 11.3 Å². The summed E-state index contributed by atoms with van der Waals surface area (Å²) in [5, 5.41) is 1.92. The second-order valence-corrected chi connectivity index (χ2v) is 7.75. The summed E-state index contributed by atoms with van der Waals surface area (Å²) in [6, 6.07) is 12.3. The Hall–Kier alpha value is -0.810. The molecule has 0 radical (unpaired) electrons. The van der Waals surface area contributed by atoms with Gasteiger partial charge in [-0.15, -0.1) is 0 Å². The molecular weight excluding hydrogens is 439 g/mol. The minimum absolute atomic E-state index is 0.723.